The number of ether oxygens (including phenoxy) is 1. The molecule has 0 saturated carbocycles. The summed E-state index contributed by atoms with van der Waals surface area (Å²) in [4.78, 5) is 18.8. The molecule has 0 radical (unpaired) electrons. The predicted octanol–water partition coefficient (Wildman–Crippen LogP) is 0.804. The first kappa shape index (κ1) is 15.2. The van der Waals surface area contributed by atoms with Crippen LogP contribution in [-0.2, 0) is 16.1 Å². The number of rotatable bonds is 5. The van der Waals surface area contributed by atoms with E-state index in [2.05, 4.69) is 21.3 Å². The normalized spacial score (nSPS) is 24.7. The summed E-state index contributed by atoms with van der Waals surface area (Å²) < 4.78 is 5.61. The highest BCUT2D eigenvalue weighted by molar-refractivity contribution is 5.81. The molecule has 1 amide bonds. The molecule has 2 fully saturated rings. The van der Waals surface area contributed by atoms with Crippen molar-refractivity contribution < 1.29 is 9.53 Å². The van der Waals surface area contributed by atoms with Gasteiger partial charge < -0.3 is 20.7 Å². The van der Waals surface area contributed by atoms with Gasteiger partial charge in [-0.1, -0.05) is 0 Å². The average Bonchev–Trinajstić information content (AvgIpc) is 3.24. The zero-order valence-electron chi connectivity index (χ0n) is 12.8. The minimum Gasteiger partial charge on any atom is -0.364 e. The number of nitrogens with zero attached hydrogens (tertiary/aromatic N) is 2. The van der Waals surface area contributed by atoms with Crippen molar-refractivity contribution in [1.29, 1.82) is 0 Å². The molecule has 6 nitrogen and oxygen atoms in total. The summed E-state index contributed by atoms with van der Waals surface area (Å²) in [7, 11) is 0. The Morgan fingerprint density at radius 1 is 1.41 bits per heavy atom. The molecule has 1 aromatic rings. The van der Waals surface area contributed by atoms with Crippen LogP contribution in [0.3, 0.4) is 0 Å². The van der Waals surface area contributed by atoms with Gasteiger partial charge in [-0.25, -0.2) is 4.98 Å². The number of nitrogens with two attached hydrogens (primary N) is 1. The molecule has 0 bridgehead atoms. The maximum Gasteiger partial charge on any atom is 0.249 e. The van der Waals surface area contributed by atoms with Crippen molar-refractivity contribution >= 4 is 11.7 Å². The van der Waals surface area contributed by atoms with E-state index in [4.69, 9.17) is 10.5 Å². The van der Waals surface area contributed by atoms with Crippen LogP contribution in [0.4, 0.5) is 5.82 Å². The zero-order chi connectivity index (χ0) is 15.4. The topological polar surface area (TPSA) is 80.5 Å². The fourth-order valence-electron chi connectivity index (χ4n) is 3.06. The Morgan fingerprint density at radius 3 is 2.95 bits per heavy atom. The summed E-state index contributed by atoms with van der Waals surface area (Å²) in [5, 5.41) is 2.95. The fraction of sp³-hybridized carbons (Fsp3) is 0.625. The zero-order valence-corrected chi connectivity index (χ0v) is 12.8. The second-order valence-corrected chi connectivity index (χ2v) is 5.99. The first-order valence-corrected chi connectivity index (χ1v) is 8.09. The van der Waals surface area contributed by atoms with Crippen molar-refractivity contribution in [2.24, 2.45) is 5.73 Å². The first-order valence-electron chi connectivity index (χ1n) is 8.09. The van der Waals surface area contributed by atoms with Crippen LogP contribution in [0.25, 0.3) is 0 Å². The molecule has 120 valence electrons. The van der Waals surface area contributed by atoms with Crippen molar-refractivity contribution in [3.63, 3.8) is 0 Å². The summed E-state index contributed by atoms with van der Waals surface area (Å²) in [5.74, 6) is 0.958. The number of amides is 1. The van der Waals surface area contributed by atoms with E-state index in [1.165, 1.54) is 12.8 Å². The van der Waals surface area contributed by atoms with Gasteiger partial charge in [-0.05, 0) is 43.4 Å². The summed E-state index contributed by atoms with van der Waals surface area (Å²) in [6.45, 7) is 3.13. The third-order valence-corrected chi connectivity index (χ3v) is 4.37. The lowest BCUT2D eigenvalue weighted by Crippen LogP contribution is -2.35. The maximum atomic E-state index is 12.1. The van der Waals surface area contributed by atoms with Gasteiger partial charge in [0.25, 0.3) is 0 Å². The van der Waals surface area contributed by atoms with E-state index in [9.17, 15) is 4.79 Å². The van der Waals surface area contributed by atoms with Crippen LogP contribution < -0.4 is 16.0 Å². The molecule has 0 aromatic carbocycles. The summed E-state index contributed by atoms with van der Waals surface area (Å²) in [6, 6.07) is 4.00. The van der Waals surface area contributed by atoms with Gasteiger partial charge in [0, 0.05) is 32.4 Å². The maximum absolute atomic E-state index is 12.1. The molecule has 22 heavy (non-hydrogen) atoms. The van der Waals surface area contributed by atoms with Gasteiger partial charge in [-0.15, -0.1) is 0 Å². The molecule has 3 N–H and O–H groups in total. The molecule has 2 aliphatic heterocycles. The van der Waals surface area contributed by atoms with Gasteiger partial charge in [0.05, 0.1) is 6.10 Å². The van der Waals surface area contributed by atoms with Crippen LogP contribution >= 0.6 is 0 Å². The Morgan fingerprint density at radius 2 is 2.23 bits per heavy atom. The molecular formula is C16H24N4O2. The molecule has 0 aliphatic carbocycles. The van der Waals surface area contributed by atoms with Gasteiger partial charge in [-0.3, -0.25) is 4.79 Å². The van der Waals surface area contributed by atoms with Crippen molar-refractivity contribution in [2.75, 3.05) is 24.5 Å². The SMILES string of the molecule is NC[C@H]1CC[C@@H](C(=O)NCc2ccnc(N3CCCC3)c2)O1. The molecule has 0 unspecified atom stereocenters. The molecule has 3 heterocycles. The van der Waals surface area contributed by atoms with Crippen molar-refractivity contribution in [2.45, 2.75) is 44.4 Å². The van der Waals surface area contributed by atoms with Crippen molar-refractivity contribution in [1.82, 2.24) is 10.3 Å². The minimum absolute atomic E-state index is 0.0263. The van der Waals surface area contributed by atoms with Crippen LogP contribution in [0.5, 0.6) is 0 Å². The number of hydrogen-bond donors (Lipinski definition) is 2. The van der Waals surface area contributed by atoms with Gasteiger partial charge in [0.1, 0.15) is 11.9 Å². The number of anilines is 1. The Hall–Kier alpha value is -1.66. The Balaban J connectivity index is 1.53. The van der Waals surface area contributed by atoms with Crippen LogP contribution in [0.1, 0.15) is 31.2 Å². The monoisotopic (exact) mass is 304 g/mol. The molecule has 2 atom stereocenters. The van der Waals surface area contributed by atoms with E-state index < -0.39 is 0 Å². The lowest BCUT2D eigenvalue weighted by atomic mass is 10.2. The number of nitrogens with one attached hydrogen (secondary N) is 1. The Labute approximate surface area is 131 Å². The number of aromatic nitrogens is 1. The van der Waals surface area contributed by atoms with E-state index in [1.54, 1.807) is 0 Å². The lowest BCUT2D eigenvalue weighted by molar-refractivity contribution is -0.132. The van der Waals surface area contributed by atoms with Gasteiger partial charge in [0.15, 0.2) is 0 Å². The standard InChI is InChI=1S/C16H24N4O2/c17-10-13-3-4-14(22-13)16(21)19-11-12-5-6-18-15(9-12)20-7-1-2-8-20/h5-6,9,13-14H,1-4,7-8,10-11,17H2,(H,19,21)/t13-,14+/m1/s1. The van der Waals surface area contributed by atoms with Gasteiger partial charge in [0.2, 0.25) is 5.91 Å². The van der Waals surface area contributed by atoms with Crippen LogP contribution in [-0.4, -0.2) is 42.7 Å². The quantitative estimate of drug-likeness (QED) is 0.841. The minimum atomic E-state index is -0.353. The van der Waals surface area contributed by atoms with Gasteiger partial charge in [-0.2, -0.15) is 0 Å². The van der Waals surface area contributed by atoms with E-state index in [1.807, 2.05) is 12.3 Å². The van der Waals surface area contributed by atoms with E-state index in [0.29, 0.717) is 13.1 Å². The first-order chi connectivity index (χ1) is 10.8. The second kappa shape index (κ2) is 7.07. The fourth-order valence-corrected chi connectivity index (χ4v) is 3.06. The number of pyridine rings is 1. The predicted molar refractivity (Wildman–Crippen MR) is 84.5 cm³/mol. The molecule has 1 aromatic heterocycles. The largest absolute Gasteiger partial charge is 0.364 e. The number of hydrogen-bond acceptors (Lipinski definition) is 5. The third-order valence-electron chi connectivity index (χ3n) is 4.37. The van der Waals surface area contributed by atoms with Crippen molar-refractivity contribution in [3.05, 3.63) is 23.9 Å². The molecule has 2 aliphatic rings. The van der Waals surface area contributed by atoms with Crippen molar-refractivity contribution in [3.8, 4) is 0 Å². The summed E-state index contributed by atoms with van der Waals surface area (Å²) in [6.07, 6.45) is 5.55. The van der Waals surface area contributed by atoms with E-state index in [-0.39, 0.29) is 18.1 Å². The Bertz CT molecular complexity index is 517. The van der Waals surface area contributed by atoms with Crippen LogP contribution in [0.15, 0.2) is 18.3 Å². The number of carbonyl (C=O) groups excluding carboxylic acids is 1. The van der Waals surface area contributed by atoms with Crippen LogP contribution in [0, 0.1) is 0 Å². The molecule has 6 heteroatoms. The van der Waals surface area contributed by atoms with Crippen LogP contribution in [0.2, 0.25) is 0 Å². The molecule has 0 spiro atoms. The lowest BCUT2D eigenvalue weighted by Gasteiger charge is -2.17. The highest BCUT2D eigenvalue weighted by atomic mass is 16.5. The summed E-state index contributed by atoms with van der Waals surface area (Å²) in [5.41, 5.74) is 6.64. The Kier molecular flexibility index (Phi) is 4.90. The average molecular weight is 304 g/mol. The molecular weight excluding hydrogens is 280 g/mol. The van der Waals surface area contributed by atoms with Gasteiger partial charge >= 0.3 is 0 Å². The highest BCUT2D eigenvalue weighted by Gasteiger charge is 2.29. The second-order valence-electron chi connectivity index (χ2n) is 5.99. The summed E-state index contributed by atoms with van der Waals surface area (Å²) >= 11 is 0. The number of carbonyl (C=O) groups is 1. The smallest absolute Gasteiger partial charge is 0.249 e. The van der Waals surface area contributed by atoms with E-state index in [0.717, 1.165) is 37.3 Å². The third kappa shape index (κ3) is 3.56. The molecule has 3 rings (SSSR count). The van der Waals surface area contributed by atoms with E-state index >= 15 is 0 Å². The highest BCUT2D eigenvalue weighted by Crippen LogP contribution is 2.20. The molecule has 2 saturated heterocycles.